The SMILES string of the molecule is CC(CC=O)c1cc2ccoc2cc1F. The molecule has 15 heavy (non-hydrogen) atoms. The fourth-order valence-electron chi connectivity index (χ4n) is 1.65. The first-order valence-corrected chi connectivity index (χ1v) is 4.82. The quantitative estimate of drug-likeness (QED) is 0.721. The van der Waals surface area contributed by atoms with Crippen molar-refractivity contribution in [1.82, 2.24) is 0 Å². The normalized spacial score (nSPS) is 12.9. The number of hydrogen-bond acceptors (Lipinski definition) is 2. The van der Waals surface area contributed by atoms with Gasteiger partial charge in [-0.15, -0.1) is 0 Å². The van der Waals surface area contributed by atoms with Crippen LogP contribution in [0.2, 0.25) is 0 Å². The minimum Gasteiger partial charge on any atom is -0.464 e. The second-order valence-corrected chi connectivity index (χ2v) is 3.64. The molecule has 0 N–H and O–H groups in total. The second-order valence-electron chi connectivity index (χ2n) is 3.64. The predicted molar refractivity (Wildman–Crippen MR) is 55.3 cm³/mol. The molecule has 0 aliphatic heterocycles. The number of benzene rings is 1. The summed E-state index contributed by atoms with van der Waals surface area (Å²) < 4.78 is 18.7. The van der Waals surface area contributed by atoms with E-state index in [1.54, 1.807) is 12.1 Å². The number of halogens is 1. The molecule has 0 radical (unpaired) electrons. The van der Waals surface area contributed by atoms with E-state index in [9.17, 15) is 9.18 Å². The van der Waals surface area contributed by atoms with Crippen molar-refractivity contribution in [3.63, 3.8) is 0 Å². The Hall–Kier alpha value is -1.64. The molecule has 2 aromatic rings. The maximum atomic E-state index is 13.6. The maximum absolute atomic E-state index is 13.6. The van der Waals surface area contributed by atoms with Crippen molar-refractivity contribution >= 4 is 17.3 Å². The van der Waals surface area contributed by atoms with Gasteiger partial charge in [-0.2, -0.15) is 0 Å². The monoisotopic (exact) mass is 206 g/mol. The molecule has 0 aliphatic carbocycles. The summed E-state index contributed by atoms with van der Waals surface area (Å²) in [5.41, 5.74) is 1.10. The molecule has 0 bridgehead atoms. The molecule has 0 saturated heterocycles. The van der Waals surface area contributed by atoms with Gasteiger partial charge in [0.2, 0.25) is 0 Å². The fourth-order valence-corrected chi connectivity index (χ4v) is 1.65. The van der Waals surface area contributed by atoms with Gasteiger partial charge in [-0.1, -0.05) is 6.92 Å². The largest absolute Gasteiger partial charge is 0.464 e. The fraction of sp³-hybridized carbons (Fsp3) is 0.250. The Morgan fingerprint density at radius 3 is 3.07 bits per heavy atom. The smallest absolute Gasteiger partial charge is 0.136 e. The lowest BCUT2D eigenvalue weighted by Gasteiger charge is -2.09. The van der Waals surface area contributed by atoms with Crippen LogP contribution in [0.1, 0.15) is 24.8 Å². The highest BCUT2D eigenvalue weighted by molar-refractivity contribution is 5.78. The number of aldehydes is 1. The minimum atomic E-state index is -0.313. The molecule has 0 amide bonds. The van der Waals surface area contributed by atoms with Gasteiger partial charge in [-0.05, 0) is 23.6 Å². The summed E-state index contributed by atoms with van der Waals surface area (Å²) in [5.74, 6) is -0.409. The first-order valence-electron chi connectivity index (χ1n) is 4.82. The molecule has 2 nitrogen and oxygen atoms in total. The Morgan fingerprint density at radius 1 is 1.53 bits per heavy atom. The molecular formula is C12H11FO2. The summed E-state index contributed by atoms with van der Waals surface area (Å²) in [6, 6.07) is 4.89. The Kier molecular flexibility index (Phi) is 2.54. The van der Waals surface area contributed by atoms with E-state index in [-0.39, 0.29) is 11.7 Å². The zero-order valence-corrected chi connectivity index (χ0v) is 8.37. The summed E-state index contributed by atoms with van der Waals surface area (Å²) in [6.07, 6.45) is 2.67. The van der Waals surface area contributed by atoms with Gasteiger partial charge < -0.3 is 9.21 Å². The summed E-state index contributed by atoms with van der Waals surface area (Å²) in [4.78, 5) is 10.4. The Morgan fingerprint density at radius 2 is 2.33 bits per heavy atom. The van der Waals surface area contributed by atoms with E-state index < -0.39 is 0 Å². The number of furan rings is 1. The minimum absolute atomic E-state index is 0.0956. The lowest BCUT2D eigenvalue weighted by Crippen LogP contribution is -1.97. The van der Waals surface area contributed by atoms with Gasteiger partial charge in [-0.25, -0.2) is 4.39 Å². The molecule has 3 heteroatoms. The van der Waals surface area contributed by atoms with Crippen molar-refractivity contribution in [2.75, 3.05) is 0 Å². The Balaban J connectivity index is 2.49. The predicted octanol–water partition coefficient (Wildman–Crippen LogP) is 3.26. The number of carbonyl (C=O) groups excluding carboxylic acids is 1. The highest BCUT2D eigenvalue weighted by Crippen LogP contribution is 2.26. The topological polar surface area (TPSA) is 30.2 Å². The molecule has 0 aliphatic rings. The van der Waals surface area contributed by atoms with Crippen LogP contribution in [-0.4, -0.2) is 6.29 Å². The van der Waals surface area contributed by atoms with Gasteiger partial charge in [0, 0.05) is 17.9 Å². The van der Waals surface area contributed by atoms with E-state index in [0.717, 1.165) is 11.7 Å². The summed E-state index contributed by atoms with van der Waals surface area (Å²) in [5, 5.41) is 0.865. The molecule has 1 heterocycles. The van der Waals surface area contributed by atoms with Crippen molar-refractivity contribution in [2.45, 2.75) is 19.3 Å². The van der Waals surface area contributed by atoms with E-state index >= 15 is 0 Å². The third-order valence-corrected chi connectivity index (χ3v) is 2.55. The van der Waals surface area contributed by atoms with Gasteiger partial charge in [0.15, 0.2) is 0 Å². The highest BCUT2D eigenvalue weighted by Gasteiger charge is 2.12. The van der Waals surface area contributed by atoms with E-state index in [0.29, 0.717) is 17.6 Å². The number of fused-ring (bicyclic) bond motifs is 1. The maximum Gasteiger partial charge on any atom is 0.136 e. The molecule has 2 rings (SSSR count). The van der Waals surface area contributed by atoms with Crippen molar-refractivity contribution in [1.29, 1.82) is 0 Å². The van der Waals surface area contributed by atoms with Crippen LogP contribution in [0.25, 0.3) is 11.0 Å². The second kappa shape index (κ2) is 3.85. The van der Waals surface area contributed by atoms with Gasteiger partial charge in [-0.3, -0.25) is 0 Å². The van der Waals surface area contributed by atoms with E-state index in [1.807, 2.05) is 6.92 Å². The number of hydrogen-bond donors (Lipinski definition) is 0. The van der Waals surface area contributed by atoms with Crippen LogP contribution in [-0.2, 0) is 4.79 Å². The molecule has 78 valence electrons. The summed E-state index contributed by atoms with van der Waals surface area (Å²) in [7, 11) is 0. The standard InChI is InChI=1S/C12H11FO2/c1-8(2-4-14)10-6-9-3-5-15-12(9)7-11(10)13/h3-8H,2H2,1H3. The molecule has 1 aromatic heterocycles. The first-order chi connectivity index (χ1) is 7.22. The zero-order valence-electron chi connectivity index (χ0n) is 8.37. The number of rotatable bonds is 3. The highest BCUT2D eigenvalue weighted by atomic mass is 19.1. The average Bonchev–Trinajstić information content (AvgIpc) is 2.63. The Bertz CT molecular complexity index is 487. The van der Waals surface area contributed by atoms with E-state index in [2.05, 4.69) is 0 Å². The lowest BCUT2D eigenvalue weighted by atomic mass is 9.97. The van der Waals surface area contributed by atoms with Crippen LogP contribution in [0.15, 0.2) is 28.9 Å². The zero-order chi connectivity index (χ0) is 10.8. The van der Waals surface area contributed by atoms with Crippen LogP contribution in [0, 0.1) is 5.82 Å². The van der Waals surface area contributed by atoms with E-state index in [4.69, 9.17) is 4.42 Å². The molecule has 0 fully saturated rings. The molecule has 0 saturated carbocycles. The average molecular weight is 206 g/mol. The van der Waals surface area contributed by atoms with Crippen LogP contribution in [0.5, 0.6) is 0 Å². The van der Waals surface area contributed by atoms with Crippen LogP contribution >= 0.6 is 0 Å². The van der Waals surface area contributed by atoms with Gasteiger partial charge in [0.25, 0.3) is 0 Å². The Labute approximate surface area is 86.7 Å². The van der Waals surface area contributed by atoms with Gasteiger partial charge in [0.1, 0.15) is 17.7 Å². The lowest BCUT2D eigenvalue weighted by molar-refractivity contribution is -0.108. The van der Waals surface area contributed by atoms with Crippen molar-refractivity contribution in [2.24, 2.45) is 0 Å². The van der Waals surface area contributed by atoms with Crippen molar-refractivity contribution in [3.8, 4) is 0 Å². The van der Waals surface area contributed by atoms with Gasteiger partial charge >= 0.3 is 0 Å². The number of carbonyl (C=O) groups is 1. The molecule has 1 aromatic carbocycles. The van der Waals surface area contributed by atoms with Crippen molar-refractivity contribution in [3.05, 3.63) is 35.8 Å². The van der Waals surface area contributed by atoms with Crippen LogP contribution in [0.4, 0.5) is 4.39 Å². The summed E-state index contributed by atoms with van der Waals surface area (Å²) >= 11 is 0. The van der Waals surface area contributed by atoms with Gasteiger partial charge in [0.05, 0.1) is 6.26 Å². The first kappa shape index (κ1) is 9.90. The van der Waals surface area contributed by atoms with E-state index in [1.165, 1.54) is 12.3 Å². The van der Waals surface area contributed by atoms with Crippen molar-refractivity contribution < 1.29 is 13.6 Å². The molecule has 1 unspecified atom stereocenters. The van der Waals surface area contributed by atoms with Crippen LogP contribution < -0.4 is 0 Å². The van der Waals surface area contributed by atoms with Crippen LogP contribution in [0.3, 0.4) is 0 Å². The molecule has 1 atom stereocenters. The third-order valence-electron chi connectivity index (χ3n) is 2.55. The third kappa shape index (κ3) is 1.77. The summed E-state index contributed by atoms with van der Waals surface area (Å²) in [6.45, 7) is 1.83. The molecular weight excluding hydrogens is 195 g/mol. The molecule has 0 spiro atoms.